The molecule has 0 aromatic heterocycles. The quantitative estimate of drug-likeness (QED) is 0.635. The molecule has 0 saturated carbocycles. The first kappa shape index (κ1) is 20.9. The summed E-state index contributed by atoms with van der Waals surface area (Å²) in [6.45, 7) is 7.22. The summed E-state index contributed by atoms with van der Waals surface area (Å²) in [5.41, 5.74) is -0.643. The zero-order valence-electron chi connectivity index (χ0n) is 14.0. The van der Waals surface area contributed by atoms with Gasteiger partial charge in [-0.15, -0.1) is 0 Å². The zero-order chi connectivity index (χ0) is 17.3. The van der Waals surface area contributed by atoms with E-state index in [1.165, 1.54) is 0 Å². The molecule has 2 N–H and O–H groups in total. The maximum Gasteiger partial charge on any atom is 0.408 e. The molecule has 0 aliphatic heterocycles. The number of Topliss-reactive ketones (excluding diaryl/α,β-unsaturated/α-hetero) is 1. The van der Waals surface area contributed by atoms with Crippen molar-refractivity contribution in [3.05, 3.63) is 0 Å². The van der Waals surface area contributed by atoms with Crippen molar-refractivity contribution < 1.29 is 19.1 Å². The summed E-state index contributed by atoms with van der Waals surface area (Å²) < 4.78 is 5.17. The number of halogens is 1. The minimum Gasteiger partial charge on any atom is -0.444 e. The zero-order valence-corrected chi connectivity index (χ0v) is 15.6. The summed E-state index contributed by atoms with van der Waals surface area (Å²) in [5, 5.41) is 5.28. The van der Waals surface area contributed by atoms with Gasteiger partial charge in [0.05, 0.1) is 11.4 Å². The van der Waals surface area contributed by atoms with Crippen LogP contribution in [-0.4, -0.2) is 41.8 Å². The van der Waals surface area contributed by atoms with E-state index in [4.69, 9.17) is 4.74 Å². The molecule has 0 spiro atoms. The van der Waals surface area contributed by atoms with Gasteiger partial charge in [-0.05, 0) is 33.6 Å². The van der Waals surface area contributed by atoms with Gasteiger partial charge in [-0.3, -0.25) is 9.59 Å². The first-order valence-corrected chi connectivity index (χ1v) is 8.56. The van der Waals surface area contributed by atoms with Crippen LogP contribution in [0.4, 0.5) is 4.79 Å². The van der Waals surface area contributed by atoms with Gasteiger partial charge in [0.15, 0.2) is 5.78 Å². The highest BCUT2D eigenvalue weighted by Gasteiger charge is 2.28. The van der Waals surface area contributed by atoms with Crippen molar-refractivity contribution in [2.24, 2.45) is 5.92 Å². The Kier molecular flexibility index (Phi) is 9.32. The number of amides is 2. The molecule has 0 rings (SSSR count). The highest BCUT2D eigenvalue weighted by molar-refractivity contribution is 9.09. The second-order valence-electron chi connectivity index (χ2n) is 6.13. The summed E-state index contributed by atoms with van der Waals surface area (Å²) in [7, 11) is 1.56. The number of rotatable bonds is 8. The predicted octanol–water partition coefficient (Wildman–Crippen LogP) is 2.40. The SMILES string of the molecule is CCC[C@@H](CC(NC(=O)OC(C)(C)C)C(=O)CBr)C(=O)NC. The Morgan fingerprint density at radius 2 is 1.82 bits per heavy atom. The van der Waals surface area contributed by atoms with Crippen molar-refractivity contribution in [1.82, 2.24) is 10.6 Å². The lowest BCUT2D eigenvalue weighted by Gasteiger charge is -2.25. The molecule has 0 radical (unpaired) electrons. The van der Waals surface area contributed by atoms with E-state index in [0.717, 1.165) is 6.42 Å². The van der Waals surface area contributed by atoms with E-state index in [2.05, 4.69) is 26.6 Å². The van der Waals surface area contributed by atoms with Crippen molar-refractivity contribution >= 4 is 33.7 Å². The molecule has 0 fully saturated rings. The van der Waals surface area contributed by atoms with Crippen LogP contribution in [0.5, 0.6) is 0 Å². The van der Waals surface area contributed by atoms with Gasteiger partial charge in [0, 0.05) is 13.0 Å². The van der Waals surface area contributed by atoms with Gasteiger partial charge in [-0.2, -0.15) is 0 Å². The number of carbonyl (C=O) groups is 3. The molecule has 2 atom stereocenters. The van der Waals surface area contributed by atoms with Gasteiger partial charge < -0.3 is 15.4 Å². The lowest BCUT2D eigenvalue weighted by molar-refractivity contribution is -0.125. The number of ether oxygens (including phenoxy) is 1. The fourth-order valence-electron chi connectivity index (χ4n) is 2.01. The maximum absolute atomic E-state index is 12.0. The van der Waals surface area contributed by atoms with E-state index in [9.17, 15) is 14.4 Å². The first-order chi connectivity index (χ1) is 10.1. The maximum atomic E-state index is 12.0. The molecular weight excluding hydrogens is 352 g/mol. The monoisotopic (exact) mass is 378 g/mol. The molecule has 2 amide bonds. The van der Waals surface area contributed by atoms with Crippen LogP contribution >= 0.6 is 15.9 Å². The van der Waals surface area contributed by atoms with Crippen LogP contribution < -0.4 is 10.6 Å². The van der Waals surface area contributed by atoms with E-state index < -0.39 is 17.7 Å². The highest BCUT2D eigenvalue weighted by atomic mass is 79.9. The molecule has 0 aromatic carbocycles. The summed E-state index contributed by atoms with van der Waals surface area (Å²) in [6, 6.07) is -0.747. The number of alkyl carbamates (subject to hydrolysis) is 1. The smallest absolute Gasteiger partial charge is 0.408 e. The second-order valence-corrected chi connectivity index (χ2v) is 6.70. The van der Waals surface area contributed by atoms with Crippen LogP contribution in [0.15, 0.2) is 0 Å². The van der Waals surface area contributed by atoms with E-state index in [1.807, 2.05) is 6.92 Å². The van der Waals surface area contributed by atoms with E-state index in [1.54, 1.807) is 27.8 Å². The average Bonchev–Trinajstić information content (AvgIpc) is 2.42. The first-order valence-electron chi connectivity index (χ1n) is 7.44. The van der Waals surface area contributed by atoms with Gasteiger partial charge in [-0.25, -0.2) is 4.79 Å². The summed E-state index contributed by atoms with van der Waals surface area (Å²) >= 11 is 3.11. The Bertz CT molecular complexity index is 393. The molecule has 0 saturated heterocycles. The Morgan fingerprint density at radius 3 is 2.23 bits per heavy atom. The number of ketones is 1. The van der Waals surface area contributed by atoms with Crippen molar-refractivity contribution in [3.8, 4) is 0 Å². The lowest BCUT2D eigenvalue weighted by Crippen LogP contribution is -2.46. The van der Waals surface area contributed by atoms with Crippen LogP contribution in [0, 0.1) is 5.92 Å². The van der Waals surface area contributed by atoms with Crippen molar-refractivity contribution in [2.45, 2.75) is 58.6 Å². The molecule has 1 unspecified atom stereocenters. The summed E-state index contributed by atoms with van der Waals surface area (Å²) in [6.07, 6.45) is 1.08. The van der Waals surface area contributed by atoms with E-state index >= 15 is 0 Å². The van der Waals surface area contributed by atoms with Crippen molar-refractivity contribution in [3.63, 3.8) is 0 Å². The molecule has 0 bridgehead atoms. The van der Waals surface area contributed by atoms with Gasteiger partial charge >= 0.3 is 6.09 Å². The third-order valence-corrected chi connectivity index (χ3v) is 3.54. The molecular formula is C15H27BrN2O4. The minimum atomic E-state index is -0.747. The molecule has 6 nitrogen and oxygen atoms in total. The van der Waals surface area contributed by atoms with Gasteiger partial charge in [0.2, 0.25) is 5.91 Å². The summed E-state index contributed by atoms with van der Waals surface area (Å²) in [4.78, 5) is 35.8. The number of hydrogen-bond acceptors (Lipinski definition) is 4. The number of nitrogens with one attached hydrogen (secondary N) is 2. The largest absolute Gasteiger partial charge is 0.444 e. The van der Waals surface area contributed by atoms with Crippen molar-refractivity contribution in [2.75, 3.05) is 12.4 Å². The van der Waals surface area contributed by atoms with Gasteiger partial charge in [-0.1, -0.05) is 29.3 Å². The predicted molar refractivity (Wildman–Crippen MR) is 89.0 cm³/mol. The topological polar surface area (TPSA) is 84.5 Å². The molecule has 22 heavy (non-hydrogen) atoms. The minimum absolute atomic E-state index is 0.111. The molecule has 7 heteroatoms. The van der Waals surface area contributed by atoms with Gasteiger partial charge in [0.25, 0.3) is 0 Å². The fraction of sp³-hybridized carbons (Fsp3) is 0.800. The Morgan fingerprint density at radius 1 is 1.23 bits per heavy atom. The normalized spacial score (nSPS) is 13.9. The molecule has 128 valence electrons. The Balaban J connectivity index is 4.93. The molecule has 0 aliphatic carbocycles. The third-order valence-electron chi connectivity index (χ3n) is 2.99. The summed E-state index contributed by atoms with van der Waals surface area (Å²) in [5.74, 6) is -0.631. The van der Waals surface area contributed by atoms with Crippen LogP contribution in [0.25, 0.3) is 0 Å². The van der Waals surface area contributed by atoms with Crippen LogP contribution in [0.2, 0.25) is 0 Å². The fourth-order valence-corrected chi connectivity index (χ4v) is 2.40. The van der Waals surface area contributed by atoms with Gasteiger partial charge in [0.1, 0.15) is 5.60 Å². The molecule has 0 heterocycles. The van der Waals surface area contributed by atoms with Crippen LogP contribution in [0.3, 0.4) is 0 Å². The Hall–Kier alpha value is -1.11. The van der Waals surface area contributed by atoms with Crippen LogP contribution in [-0.2, 0) is 14.3 Å². The highest BCUT2D eigenvalue weighted by Crippen LogP contribution is 2.16. The van der Waals surface area contributed by atoms with Crippen molar-refractivity contribution in [1.29, 1.82) is 0 Å². The lowest BCUT2D eigenvalue weighted by atomic mass is 9.93. The second kappa shape index (κ2) is 9.82. The average molecular weight is 379 g/mol. The molecule has 0 aromatic rings. The van der Waals surface area contributed by atoms with Crippen LogP contribution in [0.1, 0.15) is 47.0 Å². The Labute approximate surface area is 140 Å². The third kappa shape index (κ3) is 8.36. The van der Waals surface area contributed by atoms with E-state index in [0.29, 0.717) is 6.42 Å². The molecule has 0 aliphatic rings. The number of carbonyl (C=O) groups excluding carboxylic acids is 3. The number of hydrogen-bond donors (Lipinski definition) is 2. The number of alkyl halides is 1. The van der Waals surface area contributed by atoms with E-state index in [-0.39, 0.29) is 29.4 Å². The standard InChI is InChI=1S/C15H27BrN2O4/c1-6-7-10(13(20)17-5)8-11(12(19)9-16)18-14(21)22-15(2,3)4/h10-11H,6-9H2,1-5H3,(H,17,20)(H,18,21)/t10-,11?/m0/s1.